The lowest BCUT2D eigenvalue weighted by molar-refractivity contribution is -0.122. The number of nitrogens with zero attached hydrogens (tertiary/aromatic N) is 3. The quantitative estimate of drug-likeness (QED) is 0.861. The Hall–Kier alpha value is -2.01. The molecule has 5 heteroatoms. The number of aromatic nitrogens is 2. The largest absolute Gasteiger partial charge is 0.300 e. The van der Waals surface area contributed by atoms with Crippen LogP contribution in [-0.2, 0) is 16.8 Å². The minimum Gasteiger partial charge on any atom is -0.300 e. The zero-order chi connectivity index (χ0) is 18.2. The van der Waals surface area contributed by atoms with E-state index in [9.17, 15) is 9.59 Å². The van der Waals surface area contributed by atoms with Gasteiger partial charge in [-0.25, -0.2) is 4.98 Å². The highest BCUT2D eigenvalue weighted by atomic mass is 16.1. The van der Waals surface area contributed by atoms with Gasteiger partial charge < -0.3 is 0 Å². The van der Waals surface area contributed by atoms with Gasteiger partial charge in [-0.1, -0.05) is 20.8 Å². The number of likely N-dealkylation sites (tertiary alicyclic amines) is 1. The van der Waals surface area contributed by atoms with E-state index >= 15 is 0 Å². The molecule has 0 spiro atoms. The van der Waals surface area contributed by atoms with Crippen molar-refractivity contribution in [2.24, 2.45) is 5.92 Å². The van der Waals surface area contributed by atoms with E-state index in [4.69, 9.17) is 0 Å². The van der Waals surface area contributed by atoms with Gasteiger partial charge in [0.15, 0.2) is 0 Å². The molecule has 134 valence electrons. The van der Waals surface area contributed by atoms with Crippen LogP contribution in [0.15, 0.2) is 29.3 Å². The van der Waals surface area contributed by atoms with E-state index in [1.165, 1.54) is 5.56 Å². The minimum absolute atomic E-state index is 0.000787. The van der Waals surface area contributed by atoms with E-state index in [0.29, 0.717) is 17.8 Å². The fraction of sp³-hybridized carbons (Fsp3) is 0.550. The molecule has 2 aromatic rings. The maximum Gasteiger partial charge on any atom is 0.262 e. The zero-order valence-corrected chi connectivity index (χ0v) is 15.6. The van der Waals surface area contributed by atoms with Gasteiger partial charge >= 0.3 is 0 Å². The first-order chi connectivity index (χ1) is 11.8. The molecule has 1 aliphatic rings. The van der Waals surface area contributed by atoms with Gasteiger partial charge in [0.05, 0.1) is 5.56 Å². The summed E-state index contributed by atoms with van der Waals surface area (Å²) >= 11 is 0. The van der Waals surface area contributed by atoms with Gasteiger partial charge in [0.2, 0.25) is 0 Å². The molecule has 0 aliphatic carbocycles. The summed E-state index contributed by atoms with van der Waals surface area (Å²) in [5.74, 6) is 0.463. The SMILES string of the molecule is CC(=O)C1CCN(Cc2cnc3cc(C(C)(C)C)ccn3c2=O)CC1. The summed E-state index contributed by atoms with van der Waals surface area (Å²) in [5, 5.41) is 0. The van der Waals surface area contributed by atoms with Crippen LogP contribution in [0.1, 0.15) is 51.7 Å². The molecular weight excluding hydrogens is 314 g/mol. The number of pyridine rings is 1. The molecule has 0 bridgehead atoms. The lowest BCUT2D eigenvalue weighted by Gasteiger charge is -2.30. The number of fused-ring (bicyclic) bond motifs is 1. The first-order valence-electron chi connectivity index (χ1n) is 8.99. The molecule has 0 amide bonds. The normalized spacial score (nSPS) is 17.1. The van der Waals surface area contributed by atoms with Crippen molar-refractivity contribution >= 4 is 11.4 Å². The average molecular weight is 341 g/mol. The number of hydrogen-bond donors (Lipinski definition) is 0. The number of Topliss-reactive ketones (excluding diaryl/α,β-unsaturated/α-hetero) is 1. The molecule has 25 heavy (non-hydrogen) atoms. The number of ketones is 1. The van der Waals surface area contributed by atoms with Gasteiger partial charge in [-0.2, -0.15) is 0 Å². The van der Waals surface area contributed by atoms with Gasteiger partial charge in [-0.15, -0.1) is 0 Å². The summed E-state index contributed by atoms with van der Waals surface area (Å²) in [7, 11) is 0. The van der Waals surface area contributed by atoms with Crippen LogP contribution in [0.3, 0.4) is 0 Å². The molecule has 0 N–H and O–H groups in total. The van der Waals surface area contributed by atoms with E-state index in [1.54, 1.807) is 17.5 Å². The maximum absolute atomic E-state index is 12.8. The molecule has 1 saturated heterocycles. The lowest BCUT2D eigenvalue weighted by atomic mass is 9.88. The Morgan fingerprint density at radius 3 is 2.56 bits per heavy atom. The van der Waals surface area contributed by atoms with E-state index < -0.39 is 0 Å². The van der Waals surface area contributed by atoms with Crippen LogP contribution in [0.5, 0.6) is 0 Å². The third-order valence-electron chi connectivity index (χ3n) is 5.20. The minimum atomic E-state index is -0.000787. The van der Waals surface area contributed by atoms with Crippen LogP contribution in [0, 0.1) is 5.92 Å². The number of hydrogen-bond acceptors (Lipinski definition) is 4. The van der Waals surface area contributed by atoms with Crippen LogP contribution < -0.4 is 5.56 Å². The van der Waals surface area contributed by atoms with Crippen LogP contribution >= 0.6 is 0 Å². The van der Waals surface area contributed by atoms with Crippen LogP contribution in [0.25, 0.3) is 5.65 Å². The number of carbonyl (C=O) groups is 1. The summed E-state index contributed by atoms with van der Waals surface area (Å²) in [4.78, 5) is 31.0. The molecule has 2 aromatic heterocycles. The van der Waals surface area contributed by atoms with Crippen LogP contribution in [-0.4, -0.2) is 33.2 Å². The fourth-order valence-electron chi connectivity index (χ4n) is 3.43. The third-order valence-corrected chi connectivity index (χ3v) is 5.20. The zero-order valence-electron chi connectivity index (χ0n) is 15.6. The van der Waals surface area contributed by atoms with E-state index in [2.05, 4.69) is 30.7 Å². The van der Waals surface area contributed by atoms with Gasteiger partial charge in [-0.3, -0.25) is 18.9 Å². The highest BCUT2D eigenvalue weighted by Crippen LogP contribution is 2.22. The standard InChI is InChI=1S/C20H27N3O2/c1-14(24)15-5-8-22(9-6-15)13-16-12-21-18-11-17(20(2,3)4)7-10-23(18)19(16)25/h7,10-12,15H,5-6,8-9,13H2,1-4H3. The summed E-state index contributed by atoms with van der Waals surface area (Å²) in [5.41, 5.74) is 2.59. The second kappa shape index (κ2) is 6.71. The molecular formula is C20H27N3O2. The van der Waals surface area contributed by atoms with Crippen molar-refractivity contribution in [1.29, 1.82) is 0 Å². The Morgan fingerprint density at radius 2 is 1.96 bits per heavy atom. The summed E-state index contributed by atoms with van der Waals surface area (Å²) in [6.45, 7) is 10.4. The van der Waals surface area contributed by atoms with Crippen molar-refractivity contribution in [3.63, 3.8) is 0 Å². The highest BCUT2D eigenvalue weighted by Gasteiger charge is 2.23. The fourth-order valence-corrected chi connectivity index (χ4v) is 3.43. The van der Waals surface area contributed by atoms with Crippen LogP contribution in [0.4, 0.5) is 0 Å². The van der Waals surface area contributed by atoms with Gasteiger partial charge in [-0.05, 0) is 56.0 Å². The van der Waals surface area contributed by atoms with Gasteiger partial charge in [0.1, 0.15) is 11.4 Å². The van der Waals surface area contributed by atoms with Crippen molar-refractivity contribution in [2.75, 3.05) is 13.1 Å². The Kier molecular flexibility index (Phi) is 4.78. The van der Waals surface area contributed by atoms with Crippen LogP contribution in [0.2, 0.25) is 0 Å². The highest BCUT2D eigenvalue weighted by molar-refractivity contribution is 5.78. The van der Waals surface area contributed by atoms with Crippen molar-refractivity contribution in [3.05, 3.63) is 46.0 Å². The predicted molar refractivity (Wildman–Crippen MR) is 98.8 cm³/mol. The predicted octanol–water partition coefficient (Wildman–Crippen LogP) is 2.79. The van der Waals surface area contributed by atoms with Crippen molar-refractivity contribution in [3.8, 4) is 0 Å². The second-order valence-corrected chi connectivity index (χ2v) is 8.14. The lowest BCUT2D eigenvalue weighted by Crippen LogP contribution is -2.37. The molecule has 3 heterocycles. The van der Waals surface area contributed by atoms with Gasteiger partial charge in [0, 0.05) is 24.9 Å². The first kappa shape index (κ1) is 17.8. The molecule has 3 rings (SSSR count). The molecule has 5 nitrogen and oxygen atoms in total. The molecule has 0 atom stereocenters. The Morgan fingerprint density at radius 1 is 1.28 bits per heavy atom. The monoisotopic (exact) mass is 341 g/mol. The number of carbonyl (C=O) groups excluding carboxylic acids is 1. The maximum atomic E-state index is 12.8. The summed E-state index contributed by atoms with van der Waals surface area (Å²) in [6, 6.07) is 3.99. The summed E-state index contributed by atoms with van der Waals surface area (Å²) < 4.78 is 1.63. The van der Waals surface area contributed by atoms with Crippen molar-refractivity contribution in [1.82, 2.24) is 14.3 Å². The number of rotatable bonds is 3. The third kappa shape index (κ3) is 3.82. The average Bonchev–Trinajstić information content (AvgIpc) is 2.57. The molecule has 1 aliphatic heterocycles. The Bertz CT molecular complexity index is 840. The topological polar surface area (TPSA) is 54.7 Å². The molecule has 0 unspecified atom stereocenters. The molecule has 0 radical (unpaired) electrons. The Balaban J connectivity index is 1.81. The molecule has 1 fully saturated rings. The van der Waals surface area contributed by atoms with E-state index in [0.717, 1.165) is 25.9 Å². The van der Waals surface area contributed by atoms with Gasteiger partial charge in [0.25, 0.3) is 5.56 Å². The Labute approximate surface area is 148 Å². The van der Waals surface area contributed by atoms with E-state index in [-0.39, 0.29) is 22.7 Å². The first-order valence-corrected chi connectivity index (χ1v) is 8.99. The number of piperidine rings is 1. The summed E-state index contributed by atoms with van der Waals surface area (Å²) in [6.07, 6.45) is 5.30. The smallest absolute Gasteiger partial charge is 0.262 e. The second-order valence-electron chi connectivity index (χ2n) is 8.14. The molecule has 0 saturated carbocycles. The van der Waals surface area contributed by atoms with Crippen molar-refractivity contribution in [2.45, 2.75) is 52.5 Å². The van der Waals surface area contributed by atoms with E-state index in [1.807, 2.05) is 18.3 Å². The van der Waals surface area contributed by atoms with Crippen molar-refractivity contribution < 1.29 is 4.79 Å². The molecule has 0 aromatic carbocycles.